The van der Waals surface area contributed by atoms with Gasteiger partial charge in [0.05, 0.1) is 19.1 Å². The third kappa shape index (κ3) is 3.86. The molecule has 1 heterocycles. The Bertz CT molecular complexity index is 283. The SMILES string of the molecule is CC(C)(C)S(C)(C)O[C@H]1CC(=O)OC(CO)C1. The molecule has 1 aliphatic rings. The van der Waals surface area contributed by atoms with Gasteiger partial charge in [-0.15, -0.1) is 10.3 Å². The molecule has 1 aliphatic heterocycles. The van der Waals surface area contributed by atoms with Crippen LogP contribution in [0.4, 0.5) is 0 Å². The van der Waals surface area contributed by atoms with Gasteiger partial charge in [-0.3, -0.25) is 4.79 Å². The zero-order valence-electron chi connectivity index (χ0n) is 11.4. The lowest BCUT2D eigenvalue weighted by atomic mass is 10.1. The fourth-order valence-electron chi connectivity index (χ4n) is 1.51. The topological polar surface area (TPSA) is 55.8 Å². The Kier molecular flexibility index (Phi) is 4.49. The van der Waals surface area contributed by atoms with Crippen molar-refractivity contribution in [3.63, 3.8) is 0 Å². The molecule has 0 aliphatic carbocycles. The molecule has 1 rings (SSSR count). The highest BCUT2D eigenvalue weighted by Crippen LogP contribution is 2.55. The molecular weight excluding hydrogens is 240 g/mol. The van der Waals surface area contributed by atoms with Gasteiger partial charge < -0.3 is 14.0 Å². The molecule has 1 saturated heterocycles. The van der Waals surface area contributed by atoms with Crippen molar-refractivity contribution in [3.05, 3.63) is 0 Å². The summed E-state index contributed by atoms with van der Waals surface area (Å²) >= 11 is 0. The van der Waals surface area contributed by atoms with Crippen LogP contribution < -0.4 is 0 Å². The van der Waals surface area contributed by atoms with Gasteiger partial charge in [0.1, 0.15) is 6.10 Å². The van der Waals surface area contributed by atoms with Crippen LogP contribution in [0.3, 0.4) is 0 Å². The van der Waals surface area contributed by atoms with E-state index in [1.54, 1.807) is 0 Å². The minimum absolute atomic E-state index is 0.0725. The third-order valence-corrected chi connectivity index (χ3v) is 6.98. The van der Waals surface area contributed by atoms with Crippen LogP contribution in [0.5, 0.6) is 0 Å². The number of rotatable bonds is 3. The van der Waals surface area contributed by atoms with Crippen molar-refractivity contribution < 1.29 is 18.8 Å². The fourth-order valence-corrected chi connectivity index (χ4v) is 2.63. The second kappa shape index (κ2) is 5.16. The Morgan fingerprint density at radius 2 is 2.06 bits per heavy atom. The fraction of sp³-hybridized carbons (Fsp3) is 0.917. The van der Waals surface area contributed by atoms with Crippen LogP contribution in [0, 0.1) is 0 Å². The van der Waals surface area contributed by atoms with Gasteiger partial charge in [0, 0.05) is 11.2 Å². The number of carbonyl (C=O) groups excluding carboxylic acids is 1. The second-order valence-corrected chi connectivity index (χ2v) is 9.68. The maximum Gasteiger partial charge on any atom is 0.308 e. The van der Waals surface area contributed by atoms with Crippen LogP contribution >= 0.6 is 10.3 Å². The molecule has 102 valence electrons. The molecule has 1 fully saturated rings. The molecule has 0 aromatic rings. The highest BCUT2D eigenvalue weighted by Gasteiger charge is 2.36. The number of ether oxygens (including phenoxy) is 1. The zero-order chi connectivity index (χ0) is 13.3. The molecule has 0 saturated carbocycles. The molecule has 1 N–H and O–H groups in total. The Morgan fingerprint density at radius 3 is 2.53 bits per heavy atom. The Morgan fingerprint density at radius 1 is 1.47 bits per heavy atom. The summed E-state index contributed by atoms with van der Waals surface area (Å²) in [6.07, 6.45) is 4.58. The van der Waals surface area contributed by atoms with Crippen LogP contribution in [0.1, 0.15) is 33.6 Å². The minimum atomic E-state index is -1.24. The number of carbonyl (C=O) groups is 1. The molecule has 0 bridgehead atoms. The normalized spacial score (nSPS) is 27.8. The lowest BCUT2D eigenvalue weighted by Gasteiger charge is -2.46. The number of aliphatic hydroxyl groups is 1. The van der Waals surface area contributed by atoms with E-state index in [4.69, 9.17) is 14.0 Å². The first-order valence-electron chi connectivity index (χ1n) is 5.87. The van der Waals surface area contributed by atoms with Gasteiger partial charge in [0.2, 0.25) is 0 Å². The van der Waals surface area contributed by atoms with E-state index >= 15 is 0 Å². The lowest BCUT2D eigenvalue weighted by molar-refractivity contribution is -0.161. The second-order valence-electron chi connectivity index (χ2n) is 5.80. The summed E-state index contributed by atoms with van der Waals surface area (Å²) < 4.78 is 11.2. The lowest BCUT2D eigenvalue weighted by Crippen LogP contribution is -2.38. The smallest absolute Gasteiger partial charge is 0.308 e. The number of cyclic esters (lactones) is 1. The van der Waals surface area contributed by atoms with Gasteiger partial charge in [-0.2, -0.15) is 0 Å². The summed E-state index contributed by atoms with van der Waals surface area (Å²) in [6, 6.07) is 0. The summed E-state index contributed by atoms with van der Waals surface area (Å²) in [7, 11) is -1.24. The molecule has 0 aromatic carbocycles. The van der Waals surface area contributed by atoms with Gasteiger partial charge in [-0.05, 0) is 12.5 Å². The molecule has 0 spiro atoms. The van der Waals surface area contributed by atoms with Crippen LogP contribution in [-0.4, -0.2) is 47.1 Å². The van der Waals surface area contributed by atoms with Crippen LogP contribution in [0.15, 0.2) is 0 Å². The summed E-state index contributed by atoms with van der Waals surface area (Å²) in [5, 5.41) is 9.06. The number of aliphatic hydroxyl groups excluding tert-OH is 1. The number of hydrogen-bond donors (Lipinski definition) is 1. The predicted molar refractivity (Wildman–Crippen MR) is 70.3 cm³/mol. The summed E-state index contributed by atoms with van der Waals surface area (Å²) in [6.45, 7) is 6.31. The van der Waals surface area contributed by atoms with Gasteiger partial charge in [0.15, 0.2) is 0 Å². The minimum Gasteiger partial charge on any atom is -0.460 e. The van der Waals surface area contributed by atoms with Gasteiger partial charge in [-0.25, -0.2) is 0 Å². The average molecular weight is 264 g/mol. The van der Waals surface area contributed by atoms with E-state index in [9.17, 15) is 4.79 Å². The third-order valence-electron chi connectivity index (χ3n) is 3.27. The van der Waals surface area contributed by atoms with E-state index in [0.717, 1.165) is 0 Å². The van der Waals surface area contributed by atoms with E-state index in [1.807, 2.05) is 0 Å². The van der Waals surface area contributed by atoms with Crippen molar-refractivity contribution in [2.24, 2.45) is 0 Å². The van der Waals surface area contributed by atoms with Crippen molar-refractivity contribution in [3.8, 4) is 0 Å². The zero-order valence-corrected chi connectivity index (χ0v) is 12.2. The van der Waals surface area contributed by atoms with E-state index in [1.165, 1.54) is 0 Å². The van der Waals surface area contributed by atoms with E-state index in [-0.39, 0.29) is 23.4 Å². The van der Waals surface area contributed by atoms with Crippen LogP contribution in [-0.2, 0) is 13.7 Å². The van der Waals surface area contributed by atoms with Gasteiger partial charge >= 0.3 is 5.97 Å². The van der Waals surface area contributed by atoms with Crippen molar-refractivity contribution in [1.29, 1.82) is 0 Å². The first-order valence-corrected chi connectivity index (χ1v) is 8.24. The molecule has 2 atom stereocenters. The van der Waals surface area contributed by atoms with Crippen molar-refractivity contribution in [2.45, 2.75) is 50.6 Å². The van der Waals surface area contributed by atoms with E-state index in [2.05, 4.69) is 33.3 Å². The highest BCUT2D eigenvalue weighted by molar-refractivity contribution is 8.29. The Balaban J connectivity index is 2.65. The maximum atomic E-state index is 11.4. The molecule has 4 nitrogen and oxygen atoms in total. The molecular formula is C12H24O4S. The van der Waals surface area contributed by atoms with Crippen molar-refractivity contribution in [1.82, 2.24) is 0 Å². The van der Waals surface area contributed by atoms with Gasteiger partial charge in [0.25, 0.3) is 0 Å². The largest absolute Gasteiger partial charge is 0.460 e. The molecule has 0 amide bonds. The van der Waals surface area contributed by atoms with E-state index < -0.39 is 16.4 Å². The van der Waals surface area contributed by atoms with Crippen LogP contribution in [0.2, 0.25) is 0 Å². The molecule has 1 unspecified atom stereocenters. The predicted octanol–water partition coefficient (Wildman–Crippen LogP) is 1.85. The standard InChI is InChI=1S/C12H24O4S/c1-12(2,3)17(4,5)16-9-6-10(8-13)15-11(14)7-9/h9-10,13H,6-8H2,1-5H3/t9-,10?/m1/s1. The average Bonchev–Trinajstić information content (AvgIpc) is 2.14. The summed E-state index contributed by atoms with van der Waals surface area (Å²) in [4.78, 5) is 11.4. The summed E-state index contributed by atoms with van der Waals surface area (Å²) in [5.41, 5.74) is 0. The number of esters is 1. The molecule has 0 aromatic heterocycles. The Hall–Kier alpha value is -0.260. The molecule has 0 radical (unpaired) electrons. The van der Waals surface area contributed by atoms with Crippen molar-refractivity contribution >= 4 is 16.3 Å². The van der Waals surface area contributed by atoms with Crippen molar-refractivity contribution in [2.75, 3.05) is 19.1 Å². The Labute approximate surface area is 105 Å². The van der Waals surface area contributed by atoms with Crippen LogP contribution in [0.25, 0.3) is 0 Å². The van der Waals surface area contributed by atoms with Gasteiger partial charge in [-0.1, -0.05) is 20.8 Å². The first-order chi connectivity index (χ1) is 7.65. The van der Waals surface area contributed by atoms with E-state index in [0.29, 0.717) is 12.8 Å². The summed E-state index contributed by atoms with van der Waals surface area (Å²) in [5.74, 6) is -0.274. The monoisotopic (exact) mass is 264 g/mol. The molecule has 17 heavy (non-hydrogen) atoms. The highest BCUT2D eigenvalue weighted by atomic mass is 32.3. The quantitative estimate of drug-likeness (QED) is 0.790. The molecule has 5 heteroatoms. The number of hydrogen-bond acceptors (Lipinski definition) is 4. The maximum absolute atomic E-state index is 11.4. The first kappa shape index (κ1) is 14.8.